The van der Waals surface area contributed by atoms with Crippen molar-refractivity contribution in [3.05, 3.63) is 11.6 Å². The smallest absolute Gasteiger partial charge is 0.191 e. The Balaban J connectivity index is 1.51. The summed E-state index contributed by atoms with van der Waals surface area (Å²) in [6, 6.07) is 0. The van der Waals surface area contributed by atoms with Crippen molar-refractivity contribution in [1.29, 1.82) is 0 Å². The predicted molar refractivity (Wildman–Crippen MR) is 99.7 cm³/mol. The van der Waals surface area contributed by atoms with Crippen molar-refractivity contribution in [3.63, 3.8) is 0 Å². The van der Waals surface area contributed by atoms with Gasteiger partial charge in [-0.3, -0.25) is 4.99 Å². The molecule has 2 unspecified atom stereocenters. The number of nitrogens with two attached hydrogens (primary N) is 1. The summed E-state index contributed by atoms with van der Waals surface area (Å²) in [7, 11) is 0. The van der Waals surface area contributed by atoms with Gasteiger partial charge in [0, 0.05) is 56.8 Å². The van der Waals surface area contributed by atoms with Crippen molar-refractivity contribution < 1.29 is 4.74 Å². The number of aromatic nitrogens is 1. The lowest BCUT2D eigenvalue weighted by Gasteiger charge is -2.36. The molecule has 2 saturated heterocycles. The Morgan fingerprint density at radius 3 is 2.88 bits per heavy atom. The van der Waals surface area contributed by atoms with E-state index in [0.29, 0.717) is 23.9 Å². The maximum absolute atomic E-state index is 6.25. The monoisotopic (exact) mass is 351 g/mol. The van der Waals surface area contributed by atoms with Crippen LogP contribution in [0.3, 0.4) is 0 Å². The van der Waals surface area contributed by atoms with E-state index in [2.05, 4.69) is 28.6 Å². The SMILES string of the molecule is CC(C)C1OCCCC1CN=C(N)N1CCN(c2nccs2)CC1. The largest absolute Gasteiger partial charge is 0.378 e. The molecule has 0 saturated carbocycles. The van der Waals surface area contributed by atoms with Crippen LogP contribution in [-0.2, 0) is 4.74 Å². The molecule has 0 aromatic carbocycles. The van der Waals surface area contributed by atoms with Crippen LogP contribution in [0.25, 0.3) is 0 Å². The zero-order chi connectivity index (χ0) is 16.9. The van der Waals surface area contributed by atoms with Gasteiger partial charge in [-0.15, -0.1) is 11.3 Å². The fourth-order valence-corrected chi connectivity index (χ4v) is 4.30. The molecule has 2 fully saturated rings. The van der Waals surface area contributed by atoms with Crippen LogP contribution in [0.2, 0.25) is 0 Å². The maximum atomic E-state index is 6.25. The first-order chi connectivity index (χ1) is 11.6. The number of hydrogen-bond donors (Lipinski definition) is 1. The highest BCUT2D eigenvalue weighted by Crippen LogP contribution is 2.26. The van der Waals surface area contributed by atoms with Gasteiger partial charge < -0.3 is 20.3 Å². The Morgan fingerprint density at radius 2 is 2.21 bits per heavy atom. The molecule has 2 aliphatic rings. The third-order valence-corrected chi connectivity index (χ3v) is 5.76. The molecule has 0 amide bonds. The quantitative estimate of drug-likeness (QED) is 0.664. The molecular weight excluding hydrogens is 322 g/mol. The summed E-state index contributed by atoms with van der Waals surface area (Å²) < 4.78 is 5.95. The van der Waals surface area contributed by atoms with Gasteiger partial charge in [-0.1, -0.05) is 13.8 Å². The summed E-state index contributed by atoms with van der Waals surface area (Å²) in [6.45, 7) is 9.84. The van der Waals surface area contributed by atoms with Gasteiger partial charge in [0.2, 0.25) is 0 Å². The number of guanidine groups is 1. The molecular formula is C17H29N5OS. The van der Waals surface area contributed by atoms with Crippen molar-refractivity contribution in [2.75, 3.05) is 44.2 Å². The minimum absolute atomic E-state index is 0.317. The number of nitrogens with zero attached hydrogens (tertiary/aromatic N) is 4. The Labute approximate surface area is 148 Å². The lowest BCUT2D eigenvalue weighted by atomic mass is 9.87. The van der Waals surface area contributed by atoms with Gasteiger partial charge in [0.05, 0.1) is 6.10 Å². The van der Waals surface area contributed by atoms with E-state index in [4.69, 9.17) is 15.5 Å². The Bertz CT molecular complexity index is 525. The molecule has 6 nitrogen and oxygen atoms in total. The molecule has 0 radical (unpaired) electrons. The van der Waals surface area contributed by atoms with Crippen LogP contribution in [0.5, 0.6) is 0 Å². The number of anilines is 1. The van der Waals surface area contributed by atoms with Gasteiger partial charge in [0.1, 0.15) is 0 Å². The summed E-state index contributed by atoms with van der Waals surface area (Å²) in [6.07, 6.45) is 4.50. The molecule has 24 heavy (non-hydrogen) atoms. The first-order valence-electron chi connectivity index (χ1n) is 8.96. The second kappa shape index (κ2) is 8.16. The Hall–Kier alpha value is -1.34. The van der Waals surface area contributed by atoms with Crippen LogP contribution in [0.1, 0.15) is 26.7 Å². The molecule has 1 aromatic heterocycles. The van der Waals surface area contributed by atoms with E-state index < -0.39 is 0 Å². The molecule has 0 bridgehead atoms. The second-order valence-corrected chi connectivity index (χ2v) is 7.84. The zero-order valence-electron chi connectivity index (χ0n) is 14.7. The van der Waals surface area contributed by atoms with E-state index in [-0.39, 0.29) is 0 Å². The number of hydrogen-bond acceptors (Lipinski definition) is 5. The van der Waals surface area contributed by atoms with Gasteiger partial charge in [0.25, 0.3) is 0 Å². The molecule has 2 N–H and O–H groups in total. The number of thiazole rings is 1. The number of rotatable bonds is 4. The molecule has 2 atom stereocenters. The van der Waals surface area contributed by atoms with Crippen LogP contribution in [0, 0.1) is 11.8 Å². The highest BCUT2D eigenvalue weighted by Gasteiger charge is 2.28. The van der Waals surface area contributed by atoms with Crippen LogP contribution >= 0.6 is 11.3 Å². The maximum Gasteiger partial charge on any atom is 0.191 e. The Morgan fingerprint density at radius 1 is 1.42 bits per heavy atom. The topological polar surface area (TPSA) is 67.0 Å². The van der Waals surface area contributed by atoms with E-state index in [1.807, 2.05) is 11.6 Å². The minimum atomic E-state index is 0.317. The van der Waals surface area contributed by atoms with Crippen molar-refractivity contribution in [1.82, 2.24) is 9.88 Å². The predicted octanol–water partition coefficient (Wildman–Crippen LogP) is 2.03. The summed E-state index contributed by atoms with van der Waals surface area (Å²) in [5.74, 6) is 1.71. The number of aliphatic imine (C=N–C) groups is 1. The molecule has 134 valence electrons. The molecule has 7 heteroatoms. The lowest BCUT2D eigenvalue weighted by Crippen LogP contribution is -2.51. The van der Waals surface area contributed by atoms with Crippen LogP contribution in [0.4, 0.5) is 5.13 Å². The summed E-state index contributed by atoms with van der Waals surface area (Å²) in [4.78, 5) is 13.6. The van der Waals surface area contributed by atoms with E-state index in [0.717, 1.165) is 50.9 Å². The Kier molecular flexibility index (Phi) is 5.94. The minimum Gasteiger partial charge on any atom is -0.378 e. The van der Waals surface area contributed by atoms with Gasteiger partial charge in [0.15, 0.2) is 11.1 Å². The van der Waals surface area contributed by atoms with E-state index in [1.54, 1.807) is 11.3 Å². The average Bonchev–Trinajstić information content (AvgIpc) is 3.14. The van der Waals surface area contributed by atoms with Gasteiger partial charge >= 0.3 is 0 Å². The molecule has 0 aliphatic carbocycles. The first kappa shape index (κ1) is 17.5. The van der Waals surface area contributed by atoms with E-state index in [9.17, 15) is 0 Å². The highest BCUT2D eigenvalue weighted by atomic mass is 32.1. The van der Waals surface area contributed by atoms with Crippen LogP contribution < -0.4 is 10.6 Å². The zero-order valence-corrected chi connectivity index (χ0v) is 15.5. The van der Waals surface area contributed by atoms with E-state index in [1.165, 1.54) is 6.42 Å². The number of ether oxygens (including phenoxy) is 1. The third kappa shape index (κ3) is 4.19. The van der Waals surface area contributed by atoms with Gasteiger partial charge in [-0.05, 0) is 18.8 Å². The highest BCUT2D eigenvalue weighted by molar-refractivity contribution is 7.13. The first-order valence-corrected chi connectivity index (χ1v) is 9.84. The van der Waals surface area contributed by atoms with Crippen molar-refractivity contribution in [2.45, 2.75) is 32.8 Å². The fraction of sp³-hybridized carbons (Fsp3) is 0.765. The van der Waals surface area contributed by atoms with Crippen LogP contribution in [-0.4, -0.2) is 61.3 Å². The van der Waals surface area contributed by atoms with Gasteiger partial charge in [-0.2, -0.15) is 0 Å². The lowest BCUT2D eigenvalue weighted by molar-refractivity contribution is -0.0491. The summed E-state index contributed by atoms with van der Waals surface area (Å²) in [5, 5.41) is 3.12. The molecule has 3 heterocycles. The molecule has 1 aromatic rings. The van der Waals surface area contributed by atoms with Gasteiger partial charge in [-0.25, -0.2) is 4.98 Å². The van der Waals surface area contributed by atoms with Crippen molar-refractivity contribution >= 4 is 22.4 Å². The van der Waals surface area contributed by atoms with Crippen LogP contribution in [0.15, 0.2) is 16.6 Å². The molecule has 2 aliphatic heterocycles. The summed E-state index contributed by atoms with van der Waals surface area (Å²) >= 11 is 1.69. The normalized spacial score (nSPS) is 26.2. The van der Waals surface area contributed by atoms with Crippen molar-refractivity contribution in [2.24, 2.45) is 22.6 Å². The second-order valence-electron chi connectivity index (χ2n) is 6.97. The fourth-order valence-electron chi connectivity index (χ4n) is 3.61. The summed E-state index contributed by atoms with van der Waals surface area (Å²) in [5.41, 5.74) is 6.25. The average molecular weight is 352 g/mol. The van der Waals surface area contributed by atoms with E-state index >= 15 is 0 Å². The third-order valence-electron chi connectivity index (χ3n) is 4.93. The standard InChI is InChI=1S/C17H29N5OS/c1-13(2)15-14(4-3-10-23-15)12-20-16(18)21-6-8-22(9-7-21)17-19-5-11-24-17/h5,11,13-15H,3-4,6-10,12H2,1-2H3,(H2,18,20). The molecule has 0 spiro atoms. The molecule has 3 rings (SSSR count). The number of piperazine rings is 1. The van der Waals surface area contributed by atoms with Crippen molar-refractivity contribution in [3.8, 4) is 0 Å².